The smallest absolute Gasteiger partial charge is 0.204 e. The number of hydrogen-bond acceptors (Lipinski definition) is 6. The molecule has 0 radical (unpaired) electrons. The van der Waals surface area contributed by atoms with Crippen LogP contribution in [0.15, 0.2) is 67.0 Å². The summed E-state index contributed by atoms with van der Waals surface area (Å²) in [6.45, 7) is 4.52. The van der Waals surface area contributed by atoms with E-state index in [1.165, 1.54) is 12.1 Å². The quantitative estimate of drug-likeness (QED) is 0.326. The lowest BCUT2D eigenvalue weighted by Gasteiger charge is -2.32. The molecule has 38 heavy (non-hydrogen) atoms. The molecule has 1 aliphatic heterocycles. The van der Waals surface area contributed by atoms with E-state index in [9.17, 15) is 4.39 Å². The number of aromatic nitrogens is 5. The zero-order valence-corrected chi connectivity index (χ0v) is 21.4. The number of halogens is 1. The van der Waals surface area contributed by atoms with Gasteiger partial charge >= 0.3 is 0 Å². The Kier molecular flexibility index (Phi) is 7.52. The minimum Gasteiger partial charge on any atom is -0.412 e. The molecule has 0 bridgehead atoms. The first-order chi connectivity index (χ1) is 18.1. The van der Waals surface area contributed by atoms with E-state index < -0.39 is 0 Å². The third-order valence-corrected chi connectivity index (χ3v) is 7.22. The number of imidazole rings is 2. The van der Waals surface area contributed by atoms with Crippen LogP contribution in [-0.2, 0) is 13.6 Å². The number of rotatable bonds is 8. The molecule has 0 amide bonds. The van der Waals surface area contributed by atoms with Crippen LogP contribution in [0.25, 0.3) is 22.1 Å². The molecule has 1 fully saturated rings. The summed E-state index contributed by atoms with van der Waals surface area (Å²) in [6.07, 6.45) is 5.70. The van der Waals surface area contributed by atoms with Crippen molar-refractivity contribution >= 4 is 34.0 Å². The van der Waals surface area contributed by atoms with E-state index in [1.807, 2.05) is 43.4 Å². The summed E-state index contributed by atoms with van der Waals surface area (Å²) in [5, 5.41) is 7.19. The van der Waals surface area contributed by atoms with Crippen molar-refractivity contribution in [3.63, 3.8) is 0 Å². The fraction of sp³-hybridized carbons (Fsp3) is 0.321. The highest BCUT2D eigenvalue weighted by atomic mass is 19.1. The van der Waals surface area contributed by atoms with Gasteiger partial charge in [0.15, 0.2) is 0 Å². The minimum atomic E-state index is -0.217. The Morgan fingerprint density at radius 1 is 0.921 bits per heavy atom. The number of aryl methyl sites for hydroxylation is 1. The number of benzene rings is 2. The first kappa shape index (κ1) is 25.6. The van der Waals surface area contributed by atoms with Gasteiger partial charge in [-0.3, -0.25) is 4.98 Å². The van der Waals surface area contributed by atoms with Crippen molar-refractivity contribution in [2.45, 2.75) is 25.4 Å². The first-order valence-electron chi connectivity index (χ1n) is 12.8. The lowest BCUT2D eigenvalue weighted by atomic mass is 10.1. The monoisotopic (exact) mass is 516 g/mol. The van der Waals surface area contributed by atoms with Gasteiger partial charge in [0.2, 0.25) is 11.9 Å². The predicted molar refractivity (Wildman–Crippen MR) is 149 cm³/mol. The van der Waals surface area contributed by atoms with Gasteiger partial charge in [0.1, 0.15) is 11.3 Å². The van der Waals surface area contributed by atoms with Crippen molar-refractivity contribution in [2.24, 2.45) is 7.05 Å². The molecule has 198 valence electrons. The molecule has 3 aromatic heterocycles. The van der Waals surface area contributed by atoms with Gasteiger partial charge in [-0.1, -0.05) is 24.3 Å². The largest absolute Gasteiger partial charge is 0.412 e. The zero-order chi connectivity index (χ0) is 25.2. The van der Waals surface area contributed by atoms with Crippen LogP contribution in [0, 0.1) is 5.82 Å². The normalized spacial score (nSPS) is 14.6. The highest BCUT2D eigenvalue weighted by molar-refractivity contribution is 5.79. The van der Waals surface area contributed by atoms with Gasteiger partial charge in [-0.25, -0.2) is 14.4 Å². The number of anilines is 2. The molecule has 0 spiro atoms. The van der Waals surface area contributed by atoms with Crippen LogP contribution in [0.1, 0.15) is 18.4 Å². The Morgan fingerprint density at radius 2 is 1.68 bits per heavy atom. The summed E-state index contributed by atoms with van der Waals surface area (Å²) in [6, 6.07) is 17.2. The van der Waals surface area contributed by atoms with Crippen LogP contribution >= 0.6 is 0 Å². The molecule has 5 aromatic rings. The van der Waals surface area contributed by atoms with Crippen LogP contribution in [0.5, 0.6) is 0 Å². The Labute approximate surface area is 220 Å². The molecule has 2 aromatic carbocycles. The molecule has 9 nitrogen and oxygen atoms in total. The highest BCUT2D eigenvalue weighted by Gasteiger charge is 2.21. The van der Waals surface area contributed by atoms with Gasteiger partial charge in [-0.2, -0.15) is 0 Å². The summed E-state index contributed by atoms with van der Waals surface area (Å²) < 4.78 is 17.7. The van der Waals surface area contributed by atoms with Crippen molar-refractivity contribution in [2.75, 3.05) is 36.8 Å². The standard InChI is InChI=1S/C28H31FN8.H2O/c1-35-25-10-13-30-18-24(25)34-27(35)31-14-17-36-15-11-22(12-16-36)32-28-33-23-4-2-3-5-26(23)37(28)19-20-6-8-21(29)9-7-20;/h2-10,13,18,22H,11-12,14-17,19H2,1H3,(H,31,34)(H,32,33);1H2. The van der Waals surface area contributed by atoms with E-state index in [2.05, 4.69) is 40.7 Å². The summed E-state index contributed by atoms with van der Waals surface area (Å²) in [5.41, 5.74) is 5.08. The molecule has 1 saturated heterocycles. The van der Waals surface area contributed by atoms with Crippen molar-refractivity contribution < 1.29 is 9.87 Å². The molecular weight excluding hydrogens is 483 g/mol. The van der Waals surface area contributed by atoms with Gasteiger partial charge in [-0.05, 0) is 48.7 Å². The van der Waals surface area contributed by atoms with E-state index in [1.54, 1.807) is 12.4 Å². The molecular formula is C28H33FN8O. The molecule has 10 heteroatoms. The van der Waals surface area contributed by atoms with Crippen LogP contribution < -0.4 is 10.6 Å². The number of piperidine rings is 1. The average Bonchev–Trinajstić information content (AvgIpc) is 3.43. The number of pyridine rings is 1. The van der Waals surface area contributed by atoms with Gasteiger partial charge < -0.3 is 30.1 Å². The molecule has 0 saturated carbocycles. The van der Waals surface area contributed by atoms with E-state index in [0.29, 0.717) is 12.6 Å². The van der Waals surface area contributed by atoms with E-state index in [0.717, 1.165) is 78.5 Å². The van der Waals surface area contributed by atoms with Crippen LogP contribution in [0.4, 0.5) is 16.3 Å². The summed E-state index contributed by atoms with van der Waals surface area (Å²) in [4.78, 5) is 16.2. The van der Waals surface area contributed by atoms with Crippen molar-refractivity contribution in [3.8, 4) is 0 Å². The van der Waals surface area contributed by atoms with Crippen LogP contribution in [0.3, 0.4) is 0 Å². The van der Waals surface area contributed by atoms with Crippen molar-refractivity contribution in [1.29, 1.82) is 0 Å². The fourth-order valence-corrected chi connectivity index (χ4v) is 5.14. The van der Waals surface area contributed by atoms with Crippen molar-refractivity contribution in [1.82, 2.24) is 29.0 Å². The maximum atomic E-state index is 13.4. The Morgan fingerprint density at radius 3 is 2.47 bits per heavy atom. The van der Waals surface area contributed by atoms with E-state index in [-0.39, 0.29) is 11.3 Å². The Hall–Kier alpha value is -4.02. The number of para-hydroxylation sites is 2. The van der Waals surface area contributed by atoms with Gasteiger partial charge in [-0.15, -0.1) is 0 Å². The molecule has 0 aliphatic carbocycles. The topological polar surface area (TPSA) is 107 Å². The Bertz CT molecular complexity index is 1500. The zero-order valence-electron chi connectivity index (χ0n) is 21.4. The summed E-state index contributed by atoms with van der Waals surface area (Å²) in [7, 11) is 2.03. The Balaban J connectivity index is 0.00000294. The number of likely N-dealkylation sites (tertiary alicyclic amines) is 1. The highest BCUT2D eigenvalue weighted by Crippen LogP contribution is 2.24. The third kappa shape index (κ3) is 5.32. The first-order valence-corrected chi connectivity index (χ1v) is 12.8. The maximum absolute atomic E-state index is 13.4. The van der Waals surface area contributed by atoms with E-state index in [4.69, 9.17) is 4.98 Å². The maximum Gasteiger partial charge on any atom is 0.204 e. The molecule has 6 rings (SSSR count). The predicted octanol–water partition coefficient (Wildman–Crippen LogP) is 3.67. The lowest BCUT2D eigenvalue weighted by Crippen LogP contribution is -2.41. The number of nitrogens with zero attached hydrogens (tertiary/aromatic N) is 6. The molecule has 0 atom stereocenters. The van der Waals surface area contributed by atoms with Gasteiger partial charge in [0.05, 0.1) is 29.3 Å². The lowest BCUT2D eigenvalue weighted by molar-refractivity contribution is 0.226. The molecule has 1 aliphatic rings. The second kappa shape index (κ2) is 11.2. The molecule has 4 N–H and O–H groups in total. The SMILES string of the molecule is Cn1c(NCCN2CCC(Nc3nc4ccccc4n3Cc3ccc(F)cc3)CC2)nc2cnccc21.O. The van der Waals surface area contributed by atoms with Crippen molar-refractivity contribution in [3.05, 3.63) is 78.4 Å². The molecule has 4 heterocycles. The number of fused-ring (bicyclic) bond motifs is 2. The van der Waals surface area contributed by atoms with Gasteiger partial charge in [0, 0.05) is 45.5 Å². The number of hydrogen-bond donors (Lipinski definition) is 2. The third-order valence-electron chi connectivity index (χ3n) is 7.22. The fourth-order valence-electron chi connectivity index (χ4n) is 5.14. The minimum absolute atomic E-state index is 0. The number of nitrogens with one attached hydrogen (secondary N) is 2. The van der Waals surface area contributed by atoms with E-state index >= 15 is 0 Å². The summed E-state index contributed by atoms with van der Waals surface area (Å²) >= 11 is 0. The second-order valence-electron chi connectivity index (χ2n) is 9.68. The average molecular weight is 517 g/mol. The van der Waals surface area contributed by atoms with Crippen LogP contribution in [-0.4, -0.2) is 66.7 Å². The van der Waals surface area contributed by atoms with Gasteiger partial charge in [0.25, 0.3) is 0 Å². The summed E-state index contributed by atoms with van der Waals surface area (Å²) in [5.74, 6) is 1.53. The molecule has 0 unspecified atom stereocenters. The van der Waals surface area contributed by atoms with Crippen LogP contribution in [0.2, 0.25) is 0 Å². The second-order valence-corrected chi connectivity index (χ2v) is 9.68.